The molecule has 0 radical (unpaired) electrons. The van der Waals surface area contributed by atoms with Crippen LogP contribution >= 0.6 is 12.2 Å². The van der Waals surface area contributed by atoms with E-state index in [-0.39, 0.29) is 16.9 Å². The normalized spacial score (nSPS) is 15.7. The number of carbonyl (C=O) groups is 1. The van der Waals surface area contributed by atoms with Crippen LogP contribution in [0.5, 0.6) is 0 Å². The number of rotatable bonds is 5. The van der Waals surface area contributed by atoms with Gasteiger partial charge in [-0.3, -0.25) is 4.79 Å². The molecule has 0 aliphatic heterocycles. The number of carbonyl (C=O) groups excluding carboxylic acids is 1. The van der Waals surface area contributed by atoms with Crippen LogP contribution in [0.4, 0.5) is 5.82 Å². The Kier molecular flexibility index (Phi) is 3.99. The summed E-state index contributed by atoms with van der Waals surface area (Å²) in [7, 11) is 0. The van der Waals surface area contributed by atoms with Crippen molar-refractivity contribution in [2.24, 2.45) is 5.73 Å². The fourth-order valence-electron chi connectivity index (χ4n) is 1.69. The molecule has 1 heterocycles. The summed E-state index contributed by atoms with van der Waals surface area (Å²) in [5.41, 5.74) is 7.16. The molecule has 19 heavy (non-hydrogen) atoms. The van der Waals surface area contributed by atoms with E-state index in [1.165, 1.54) is 0 Å². The molecule has 1 aromatic heterocycles. The summed E-state index contributed by atoms with van der Waals surface area (Å²) in [6.45, 7) is 3.68. The number of pyridine rings is 1. The molecule has 0 saturated heterocycles. The molecule has 1 atom stereocenters. The van der Waals surface area contributed by atoms with Crippen LogP contribution in [0.1, 0.15) is 31.0 Å². The minimum atomic E-state index is -0.372. The number of aryl methyl sites for hydroxylation is 1. The van der Waals surface area contributed by atoms with Crippen LogP contribution in [0.3, 0.4) is 0 Å². The summed E-state index contributed by atoms with van der Waals surface area (Å²) in [6, 6.07) is 3.63. The summed E-state index contributed by atoms with van der Waals surface area (Å²) in [5.74, 6) is 0.533. The van der Waals surface area contributed by atoms with Crippen molar-refractivity contribution < 1.29 is 4.79 Å². The van der Waals surface area contributed by atoms with Crippen molar-refractivity contribution in [2.75, 3.05) is 5.32 Å². The highest BCUT2D eigenvalue weighted by molar-refractivity contribution is 7.80. The Bertz CT molecular complexity index is 513. The topological polar surface area (TPSA) is 80.0 Å². The first kappa shape index (κ1) is 13.7. The quantitative estimate of drug-likeness (QED) is 0.703. The van der Waals surface area contributed by atoms with Crippen LogP contribution in [0, 0.1) is 6.92 Å². The second-order valence-electron chi connectivity index (χ2n) is 4.86. The van der Waals surface area contributed by atoms with Crippen LogP contribution in [0.15, 0.2) is 12.1 Å². The zero-order valence-corrected chi connectivity index (χ0v) is 11.9. The molecule has 1 unspecified atom stereocenters. The van der Waals surface area contributed by atoms with E-state index in [1.807, 2.05) is 19.1 Å². The number of thiocarbonyl (C=S) groups is 1. The van der Waals surface area contributed by atoms with Gasteiger partial charge in [-0.15, -0.1) is 0 Å². The molecule has 1 saturated carbocycles. The minimum absolute atomic E-state index is 0.0281. The maximum absolute atomic E-state index is 11.9. The molecule has 1 aromatic rings. The number of anilines is 1. The molecule has 6 heteroatoms. The van der Waals surface area contributed by atoms with Crippen molar-refractivity contribution in [2.45, 2.75) is 38.8 Å². The first-order valence-corrected chi connectivity index (χ1v) is 6.72. The van der Waals surface area contributed by atoms with Gasteiger partial charge in [-0.1, -0.05) is 12.2 Å². The second-order valence-corrected chi connectivity index (χ2v) is 5.30. The molecule has 102 valence electrons. The maximum Gasteiger partial charge on any atom is 0.242 e. The average Bonchev–Trinajstić information content (AvgIpc) is 3.12. The van der Waals surface area contributed by atoms with Crippen LogP contribution in [-0.2, 0) is 4.79 Å². The fourth-order valence-corrected chi connectivity index (χ4v) is 1.85. The smallest absolute Gasteiger partial charge is 0.242 e. The van der Waals surface area contributed by atoms with Crippen LogP contribution in [-0.4, -0.2) is 28.0 Å². The van der Waals surface area contributed by atoms with Gasteiger partial charge in [0.15, 0.2) is 0 Å². The van der Waals surface area contributed by atoms with E-state index < -0.39 is 0 Å². The van der Waals surface area contributed by atoms with Gasteiger partial charge < -0.3 is 16.4 Å². The lowest BCUT2D eigenvalue weighted by atomic mass is 10.2. The largest absolute Gasteiger partial charge is 0.389 e. The molecule has 1 fully saturated rings. The molecular weight excluding hydrogens is 260 g/mol. The van der Waals surface area contributed by atoms with Gasteiger partial charge in [-0.2, -0.15) is 0 Å². The average molecular weight is 278 g/mol. The zero-order valence-electron chi connectivity index (χ0n) is 11.1. The Morgan fingerprint density at radius 3 is 2.79 bits per heavy atom. The van der Waals surface area contributed by atoms with E-state index in [0.717, 1.165) is 18.5 Å². The highest BCUT2D eigenvalue weighted by Crippen LogP contribution is 2.19. The van der Waals surface area contributed by atoms with E-state index >= 15 is 0 Å². The van der Waals surface area contributed by atoms with E-state index in [2.05, 4.69) is 15.6 Å². The highest BCUT2D eigenvalue weighted by Gasteiger charge is 2.26. The molecule has 1 aliphatic rings. The van der Waals surface area contributed by atoms with Gasteiger partial charge in [0.25, 0.3) is 0 Å². The van der Waals surface area contributed by atoms with Gasteiger partial charge >= 0.3 is 0 Å². The molecule has 0 aromatic carbocycles. The van der Waals surface area contributed by atoms with Crippen molar-refractivity contribution >= 4 is 28.9 Å². The van der Waals surface area contributed by atoms with Gasteiger partial charge in [-0.05, 0) is 38.8 Å². The number of amides is 1. The lowest BCUT2D eigenvalue weighted by molar-refractivity contribution is -0.121. The van der Waals surface area contributed by atoms with Crippen molar-refractivity contribution in [3.8, 4) is 0 Å². The van der Waals surface area contributed by atoms with Gasteiger partial charge in [0, 0.05) is 11.7 Å². The fraction of sp³-hybridized carbons (Fsp3) is 0.462. The van der Waals surface area contributed by atoms with E-state index in [4.69, 9.17) is 18.0 Å². The number of nitrogens with zero attached hydrogens (tertiary/aromatic N) is 1. The molecule has 2 rings (SSSR count). The highest BCUT2D eigenvalue weighted by atomic mass is 32.1. The molecule has 5 nitrogen and oxygen atoms in total. The van der Waals surface area contributed by atoms with Crippen molar-refractivity contribution in [3.63, 3.8) is 0 Å². The number of nitrogens with two attached hydrogens (primary N) is 1. The Morgan fingerprint density at radius 1 is 1.53 bits per heavy atom. The van der Waals surface area contributed by atoms with Crippen LogP contribution in [0.25, 0.3) is 0 Å². The van der Waals surface area contributed by atoms with Crippen molar-refractivity contribution in [1.82, 2.24) is 10.3 Å². The van der Waals surface area contributed by atoms with Crippen LogP contribution < -0.4 is 16.4 Å². The summed E-state index contributed by atoms with van der Waals surface area (Å²) < 4.78 is 0. The van der Waals surface area contributed by atoms with Crippen LogP contribution in [0.2, 0.25) is 0 Å². The maximum atomic E-state index is 11.9. The number of nitrogens with one attached hydrogen (secondary N) is 2. The predicted molar refractivity (Wildman–Crippen MR) is 79.1 cm³/mol. The third kappa shape index (κ3) is 3.64. The number of aromatic nitrogens is 1. The van der Waals surface area contributed by atoms with E-state index in [9.17, 15) is 4.79 Å². The lowest BCUT2D eigenvalue weighted by Crippen LogP contribution is -2.39. The first-order valence-electron chi connectivity index (χ1n) is 6.31. The molecular formula is C13H18N4OS. The lowest BCUT2D eigenvalue weighted by Gasteiger charge is -2.17. The van der Waals surface area contributed by atoms with Crippen molar-refractivity contribution in [3.05, 3.63) is 23.4 Å². The van der Waals surface area contributed by atoms with E-state index in [0.29, 0.717) is 17.4 Å². The number of hydrogen-bond donors (Lipinski definition) is 3. The molecule has 1 amide bonds. The standard InChI is InChI=1S/C13H18N4OS/c1-7-3-6-10(11(14)19)12(15-7)16-8(2)13(18)17-9-4-5-9/h3,6,8-9H,4-5H2,1-2H3,(H2,14,19)(H,15,16)(H,17,18). The van der Waals surface area contributed by atoms with E-state index in [1.54, 1.807) is 6.92 Å². The monoisotopic (exact) mass is 278 g/mol. The van der Waals surface area contributed by atoms with Gasteiger partial charge in [-0.25, -0.2) is 4.98 Å². The third-order valence-electron chi connectivity index (χ3n) is 2.97. The third-order valence-corrected chi connectivity index (χ3v) is 3.19. The Labute approximate surface area is 118 Å². The summed E-state index contributed by atoms with van der Waals surface area (Å²) >= 11 is 4.99. The summed E-state index contributed by atoms with van der Waals surface area (Å²) in [5, 5.41) is 6.02. The summed E-state index contributed by atoms with van der Waals surface area (Å²) in [6.07, 6.45) is 2.14. The Hall–Kier alpha value is -1.69. The number of hydrogen-bond acceptors (Lipinski definition) is 4. The van der Waals surface area contributed by atoms with Crippen molar-refractivity contribution in [1.29, 1.82) is 0 Å². The molecule has 0 spiro atoms. The Balaban J connectivity index is 2.10. The first-order chi connectivity index (χ1) is 8.97. The minimum Gasteiger partial charge on any atom is -0.389 e. The molecule has 4 N–H and O–H groups in total. The second kappa shape index (κ2) is 5.52. The SMILES string of the molecule is Cc1ccc(C(N)=S)c(NC(C)C(=O)NC2CC2)n1. The summed E-state index contributed by atoms with van der Waals surface area (Å²) in [4.78, 5) is 16.5. The Morgan fingerprint density at radius 2 is 2.21 bits per heavy atom. The van der Waals surface area contributed by atoms with Gasteiger partial charge in [0.2, 0.25) is 5.91 Å². The van der Waals surface area contributed by atoms with Gasteiger partial charge in [0.05, 0.1) is 5.56 Å². The van der Waals surface area contributed by atoms with Gasteiger partial charge in [0.1, 0.15) is 16.8 Å². The molecule has 1 aliphatic carbocycles. The molecule has 0 bridgehead atoms. The predicted octanol–water partition coefficient (Wildman–Crippen LogP) is 1.10. The zero-order chi connectivity index (χ0) is 14.0.